The second-order valence-electron chi connectivity index (χ2n) is 18.7. The molecule has 0 aliphatic carbocycles. The molecular weight excluding hydrogens is 1240 g/mol. The summed E-state index contributed by atoms with van der Waals surface area (Å²) in [6, 6.07) is 26.8. The second kappa shape index (κ2) is 27.7. The standard InChI is InChI=1S/2C27H36N2.4BrH.2Pd/c2*1-18(2)22-11-9-12-23(19(3)4)26(22)28-15-16-29(17-28)27-24(20(5)6)13-10-14-25(27)21(7)8;;;;;;/h2*9-16,18-21H,1-8H3;4*1H;;/q;;;;;;2*+2/p-4. The molecule has 4 aromatic carbocycles. The van der Waals surface area contributed by atoms with E-state index in [9.17, 15) is 0 Å². The van der Waals surface area contributed by atoms with Crippen molar-refractivity contribution in [1.29, 1.82) is 0 Å². The Labute approximate surface area is 433 Å². The average molecular weight is 1310 g/mol. The van der Waals surface area contributed by atoms with Gasteiger partial charge in [0.15, 0.2) is 0 Å². The normalized spacial score (nSPS) is 13.7. The van der Waals surface area contributed by atoms with Crippen LogP contribution >= 0.6 is 53.7 Å². The van der Waals surface area contributed by atoms with Crippen LogP contribution in [0.25, 0.3) is 0 Å². The van der Waals surface area contributed by atoms with Gasteiger partial charge in [0.25, 0.3) is 0 Å². The predicted molar refractivity (Wildman–Crippen MR) is 289 cm³/mol. The molecule has 0 N–H and O–H groups in total. The van der Waals surface area contributed by atoms with Crippen LogP contribution in [0.15, 0.2) is 97.6 Å². The molecule has 0 saturated heterocycles. The molecule has 0 bridgehead atoms. The van der Waals surface area contributed by atoms with Gasteiger partial charge in [0.2, 0.25) is 13.3 Å². The first kappa shape index (κ1) is 57.1. The molecule has 0 amide bonds. The SMILES string of the molecule is CC(C)c1cccc(C(C)C)c1N1[C]N(c2c(C(C)C)cccc2C(C)C)C=C1.CC(C)c1cccc(C(C)C)c1N1[C]N(c2c(C(C)C)cccc2C(C)C)C=C1.[Br][Pd][Br].[Br][Pd][Br]. The molecule has 4 aromatic rings. The van der Waals surface area contributed by atoms with E-state index in [0.717, 1.165) is 0 Å². The predicted octanol–water partition coefficient (Wildman–Crippen LogP) is 19.3. The van der Waals surface area contributed by atoms with Gasteiger partial charge in [-0.15, -0.1) is 0 Å². The van der Waals surface area contributed by atoms with Crippen molar-refractivity contribution in [2.45, 2.75) is 158 Å². The summed E-state index contributed by atoms with van der Waals surface area (Å²) in [5, 5.41) is 0. The third-order valence-corrected chi connectivity index (χ3v) is 11.5. The summed E-state index contributed by atoms with van der Waals surface area (Å²) >= 11 is 13.6. The summed E-state index contributed by atoms with van der Waals surface area (Å²) in [6.45, 7) is 43.6. The van der Waals surface area contributed by atoms with Crippen LogP contribution in [0.2, 0.25) is 0 Å². The minimum atomic E-state index is 0.460. The van der Waals surface area contributed by atoms with E-state index < -0.39 is 0 Å². The fraction of sp³-hybridized carbons (Fsp3) is 0.444. The molecule has 64 heavy (non-hydrogen) atoms. The third kappa shape index (κ3) is 14.9. The number of benzene rings is 4. The number of rotatable bonds is 12. The van der Waals surface area contributed by atoms with Crippen molar-refractivity contribution in [3.05, 3.63) is 155 Å². The first-order chi connectivity index (χ1) is 30.3. The topological polar surface area (TPSA) is 13.0 Å². The molecule has 356 valence electrons. The quantitative estimate of drug-likeness (QED) is 0.131. The van der Waals surface area contributed by atoms with Crippen molar-refractivity contribution in [2.24, 2.45) is 0 Å². The van der Waals surface area contributed by atoms with E-state index in [1.807, 2.05) is 0 Å². The molecule has 0 spiro atoms. The van der Waals surface area contributed by atoms with E-state index in [4.69, 9.17) is 0 Å². The van der Waals surface area contributed by atoms with Crippen LogP contribution in [-0.4, -0.2) is 0 Å². The Bertz CT molecular complexity index is 1710. The summed E-state index contributed by atoms with van der Waals surface area (Å²) in [4.78, 5) is 8.80. The molecule has 0 saturated carbocycles. The summed E-state index contributed by atoms with van der Waals surface area (Å²) < 4.78 is 0. The van der Waals surface area contributed by atoms with Crippen LogP contribution in [-0.2, 0) is 27.9 Å². The Hall–Kier alpha value is -1.20. The van der Waals surface area contributed by atoms with E-state index in [-0.39, 0.29) is 0 Å². The molecule has 0 unspecified atom stereocenters. The summed E-state index contributed by atoms with van der Waals surface area (Å²) in [5.41, 5.74) is 16.1. The Morgan fingerprint density at radius 3 is 0.531 bits per heavy atom. The number of hydrogen-bond acceptors (Lipinski definition) is 4. The van der Waals surface area contributed by atoms with Crippen molar-refractivity contribution >= 4 is 76.5 Å². The Balaban J connectivity index is 0.000000303. The van der Waals surface area contributed by atoms with Crippen molar-refractivity contribution in [3.63, 3.8) is 0 Å². The van der Waals surface area contributed by atoms with Gasteiger partial charge in [-0.3, -0.25) is 0 Å². The molecular formula is C54H72Br4N4Pd2. The zero-order valence-corrected chi connectivity index (χ0v) is 50.2. The van der Waals surface area contributed by atoms with Gasteiger partial charge in [-0.25, -0.2) is 0 Å². The maximum atomic E-state index is 3.66. The molecule has 2 aliphatic rings. The fourth-order valence-electron chi connectivity index (χ4n) is 8.29. The first-order valence-electron chi connectivity index (χ1n) is 22.5. The fourth-order valence-corrected chi connectivity index (χ4v) is 8.29. The summed E-state index contributed by atoms with van der Waals surface area (Å²) in [5.74, 6) is 3.68. The summed E-state index contributed by atoms with van der Waals surface area (Å²) in [7, 11) is 0. The van der Waals surface area contributed by atoms with Gasteiger partial charge in [0.1, 0.15) is 0 Å². The number of nitrogens with zero attached hydrogens (tertiary/aromatic N) is 4. The van der Waals surface area contributed by atoms with E-state index in [0.29, 0.717) is 75.2 Å². The van der Waals surface area contributed by atoms with Gasteiger partial charge in [0, 0.05) is 24.8 Å². The molecule has 4 radical (unpaired) electrons. The van der Waals surface area contributed by atoms with Gasteiger partial charge in [-0.05, 0) is 91.9 Å². The third-order valence-electron chi connectivity index (χ3n) is 11.5. The Kier molecular flexibility index (Phi) is 24.7. The van der Waals surface area contributed by atoms with E-state index in [2.05, 4.69) is 295 Å². The van der Waals surface area contributed by atoms with Crippen LogP contribution in [0.5, 0.6) is 0 Å². The number of halogens is 4. The van der Waals surface area contributed by atoms with Gasteiger partial charge in [-0.1, -0.05) is 184 Å². The van der Waals surface area contributed by atoms with Crippen LogP contribution in [0, 0.1) is 13.3 Å². The average Bonchev–Trinajstić information content (AvgIpc) is 3.94. The summed E-state index contributed by atoms with van der Waals surface area (Å²) in [6.07, 6.45) is 8.64. The number of hydrogen-bond donors (Lipinski definition) is 0. The van der Waals surface area contributed by atoms with Crippen LogP contribution in [0.1, 0.15) is 203 Å². The molecule has 6 rings (SSSR count). The van der Waals surface area contributed by atoms with Gasteiger partial charge >= 0.3 is 81.6 Å². The van der Waals surface area contributed by atoms with Crippen LogP contribution < -0.4 is 19.6 Å². The van der Waals surface area contributed by atoms with Crippen molar-refractivity contribution in [1.82, 2.24) is 0 Å². The van der Waals surface area contributed by atoms with Crippen LogP contribution in [0.3, 0.4) is 0 Å². The zero-order valence-electron chi connectivity index (χ0n) is 40.8. The van der Waals surface area contributed by atoms with E-state index >= 15 is 0 Å². The Morgan fingerprint density at radius 2 is 0.422 bits per heavy atom. The van der Waals surface area contributed by atoms with Crippen molar-refractivity contribution in [2.75, 3.05) is 19.6 Å². The number of anilines is 4. The minimum absolute atomic E-state index is 0.460. The maximum absolute atomic E-state index is 3.66. The number of para-hydroxylation sites is 4. The zero-order chi connectivity index (χ0) is 48.0. The van der Waals surface area contributed by atoms with Gasteiger partial charge in [0.05, 0.1) is 22.7 Å². The molecule has 0 atom stereocenters. The molecule has 2 aliphatic heterocycles. The van der Waals surface area contributed by atoms with E-state index in [1.54, 1.807) is 0 Å². The monoisotopic (exact) mass is 1300 g/mol. The van der Waals surface area contributed by atoms with Crippen molar-refractivity contribution < 1.29 is 27.9 Å². The van der Waals surface area contributed by atoms with Gasteiger partial charge < -0.3 is 19.6 Å². The molecule has 10 heteroatoms. The van der Waals surface area contributed by atoms with Crippen LogP contribution in [0.4, 0.5) is 22.7 Å². The first-order valence-corrected chi connectivity index (χ1v) is 36.7. The van der Waals surface area contributed by atoms with Crippen molar-refractivity contribution in [3.8, 4) is 0 Å². The molecule has 2 heterocycles. The molecule has 4 nitrogen and oxygen atoms in total. The van der Waals surface area contributed by atoms with E-state index in [1.165, 1.54) is 67.3 Å². The second-order valence-corrected chi connectivity index (χ2v) is 33.1. The Morgan fingerprint density at radius 1 is 0.297 bits per heavy atom. The van der Waals surface area contributed by atoms with Gasteiger partial charge in [-0.2, -0.15) is 0 Å². The molecule has 0 aromatic heterocycles. The molecule has 0 fully saturated rings.